The highest BCUT2D eigenvalue weighted by molar-refractivity contribution is 5.93. The van der Waals surface area contributed by atoms with Crippen LogP contribution in [0.3, 0.4) is 0 Å². The molecule has 0 spiro atoms. The van der Waals surface area contributed by atoms with Gasteiger partial charge in [0.25, 0.3) is 0 Å². The van der Waals surface area contributed by atoms with Crippen LogP contribution < -0.4 is 16.6 Å². The monoisotopic (exact) mass is 242 g/mol. The van der Waals surface area contributed by atoms with E-state index in [4.69, 9.17) is 5.84 Å². The van der Waals surface area contributed by atoms with Crippen molar-refractivity contribution in [3.8, 4) is 0 Å². The van der Waals surface area contributed by atoms with E-state index in [1.807, 2.05) is 13.8 Å². The molecule has 4 nitrogen and oxygen atoms in total. The Morgan fingerprint density at radius 2 is 1.94 bits per heavy atom. The average molecular weight is 242 g/mol. The summed E-state index contributed by atoms with van der Waals surface area (Å²) in [4.78, 5) is 4.06. The van der Waals surface area contributed by atoms with Crippen molar-refractivity contribution in [2.75, 3.05) is 5.32 Å². The second-order valence-electron chi connectivity index (χ2n) is 3.92. The van der Waals surface area contributed by atoms with Crippen LogP contribution in [0.2, 0.25) is 0 Å². The van der Waals surface area contributed by atoms with Crippen LogP contribution in [0.25, 0.3) is 0 Å². The van der Waals surface area contributed by atoms with Crippen LogP contribution in [-0.2, 0) is 0 Å². The van der Waals surface area contributed by atoms with Crippen molar-refractivity contribution in [1.29, 1.82) is 0 Å². The van der Waals surface area contributed by atoms with E-state index in [0.29, 0.717) is 0 Å². The predicted molar refractivity (Wildman–Crippen MR) is 64.6 cm³/mol. The Morgan fingerprint density at radius 1 is 1.29 bits per heavy atom. The molecule has 94 valence electrons. The molecule has 0 radical (unpaired) electrons. The molecule has 0 aromatic heterocycles. The number of anilines is 1. The molecule has 1 aromatic carbocycles. The summed E-state index contributed by atoms with van der Waals surface area (Å²) in [5.74, 6) is 4.36. The van der Waals surface area contributed by atoms with E-state index in [1.165, 1.54) is 6.92 Å². The van der Waals surface area contributed by atoms with Crippen molar-refractivity contribution in [2.24, 2.45) is 10.8 Å². The summed E-state index contributed by atoms with van der Waals surface area (Å²) < 4.78 is 26.8. The molecule has 0 aliphatic rings. The highest BCUT2D eigenvalue weighted by Crippen LogP contribution is 2.18. The normalized spacial score (nSPS) is 11.8. The van der Waals surface area contributed by atoms with Crippen LogP contribution in [0.15, 0.2) is 17.1 Å². The highest BCUT2D eigenvalue weighted by atomic mass is 19.1. The van der Waals surface area contributed by atoms with E-state index in [9.17, 15) is 8.78 Å². The van der Waals surface area contributed by atoms with Gasteiger partial charge in [-0.3, -0.25) is 5.43 Å². The minimum Gasteiger partial charge on any atom is -0.323 e. The number of nitrogens with two attached hydrogens (primary N) is 1. The minimum atomic E-state index is -0.560. The molecule has 1 aromatic rings. The van der Waals surface area contributed by atoms with Gasteiger partial charge in [0.15, 0.2) is 0 Å². The van der Waals surface area contributed by atoms with E-state index in [1.54, 1.807) is 0 Å². The van der Waals surface area contributed by atoms with Gasteiger partial charge in [0.2, 0.25) is 5.96 Å². The molecule has 0 bridgehead atoms. The van der Waals surface area contributed by atoms with Crippen molar-refractivity contribution in [3.63, 3.8) is 0 Å². The lowest BCUT2D eigenvalue weighted by Crippen LogP contribution is -2.37. The number of benzene rings is 1. The molecular weight excluding hydrogens is 226 g/mol. The lowest BCUT2D eigenvalue weighted by Gasteiger charge is -2.12. The standard InChI is InChI=1S/C11H16F2N4/c1-6(2)15-11(17-14)16-10-5-8(12)7(3)4-9(10)13/h4-6H,14H2,1-3H3,(H2,15,16,17). The number of hydrogen-bond donors (Lipinski definition) is 3. The molecule has 1 rings (SSSR count). The lowest BCUT2D eigenvalue weighted by atomic mass is 10.2. The van der Waals surface area contributed by atoms with Crippen LogP contribution in [0.1, 0.15) is 19.4 Å². The van der Waals surface area contributed by atoms with Gasteiger partial charge in [0.1, 0.15) is 11.6 Å². The van der Waals surface area contributed by atoms with E-state index in [-0.39, 0.29) is 23.3 Å². The summed E-state index contributed by atoms with van der Waals surface area (Å²) in [6.45, 7) is 5.17. The molecule has 0 fully saturated rings. The lowest BCUT2D eigenvalue weighted by molar-refractivity contribution is 0.595. The summed E-state index contributed by atoms with van der Waals surface area (Å²) in [5, 5.41) is 2.60. The first-order valence-electron chi connectivity index (χ1n) is 5.21. The summed E-state index contributed by atoms with van der Waals surface area (Å²) >= 11 is 0. The number of rotatable bonds is 2. The highest BCUT2D eigenvalue weighted by Gasteiger charge is 2.09. The fraction of sp³-hybridized carbons (Fsp3) is 0.364. The molecule has 0 aliphatic carbocycles. The Hall–Kier alpha value is -1.69. The molecule has 0 saturated heterocycles. The summed E-state index contributed by atoms with van der Waals surface area (Å²) in [7, 11) is 0. The molecule has 0 saturated carbocycles. The number of nitrogens with one attached hydrogen (secondary N) is 2. The van der Waals surface area contributed by atoms with Gasteiger partial charge in [-0.15, -0.1) is 0 Å². The Morgan fingerprint density at radius 3 is 2.47 bits per heavy atom. The molecule has 0 aliphatic heterocycles. The molecular formula is C11H16F2N4. The zero-order valence-corrected chi connectivity index (χ0v) is 10.0. The molecule has 0 amide bonds. The molecule has 6 heteroatoms. The molecule has 4 N–H and O–H groups in total. The van der Waals surface area contributed by atoms with Crippen molar-refractivity contribution in [3.05, 3.63) is 29.3 Å². The van der Waals surface area contributed by atoms with Gasteiger partial charge in [0, 0.05) is 12.1 Å². The van der Waals surface area contributed by atoms with Gasteiger partial charge >= 0.3 is 0 Å². The third-order valence-corrected chi connectivity index (χ3v) is 2.03. The molecule has 17 heavy (non-hydrogen) atoms. The smallest absolute Gasteiger partial charge is 0.210 e. The summed E-state index contributed by atoms with van der Waals surface area (Å²) in [6.07, 6.45) is 0. The van der Waals surface area contributed by atoms with Crippen molar-refractivity contribution in [2.45, 2.75) is 26.8 Å². The van der Waals surface area contributed by atoms with Crippen molar-refractivity contribution >= 4 is 11.6 Å². The van der Waals surface area contributed by atoms with Gasteiger partial charge in [-0.05, 0) is 32.4 Å². The van der Waals surface area contributed by atoms with Gasteiger partial charge in [0.05, 0.1) is 5.69 Å². The van der Waals surface area contributed by atoms with Crippen LogP contribution in [0.4, 0.5) is 14.5 Å². The van der Waals surface area contributed by atoms with Gasteiger partial charge < -0.3 is 5.32 Å². The van der Waals surface area contributed by atoms with Gasteiger partial charge in [-0.1, -0.05) is 0 Å². The molecule has 0 heterocycles. The van der Waals surface area contributed by atoms with Crippen LogP contribution in [0, 0.1) is 18.6 Å². The minimum absolute atomic E-state index is 0.00884. The summed E-state index contributed by atoms with van der Waals surface area (Å²) in [6, 6.07) is 2.16. The predicted octanol–water partition coefficient (Wildman–Crippen LogP) is 1.91. The quantitative estimate of drug-likeness (QED) is 0.321. The first-order valence-corrected chi connectivity index (χ1v) is 5.21. The number of halogens is 2. The Bertz CT molecular complexity index is 430. The van der Waals surface area contributed by atoms with E-state index >= 15 is 0 Å². The van der Waals surface area contributed by atoms with Crippen LogP contribution in [0.5, 0.6) is 0 Å². The fourth-order valence-electron chi connectivity index (χ4n) is 1.23. The maximum Gasteiger partial charge on any atom is 0.210 e. The largest absolute Gasteiger partial charge is 0.323 e. The first-order chi connectivity index (χ1) is 7.93. The summed E-state index contributed by atoms with van der Waals surface area (Å²) in [5.41, 5.74) is 2.53. The first kappa shape index (κ1) is 13.4. The van der Waals surface area contributed by atoms with Crippen LogP contribution in [-0.4, -0.2) is 12.0 Å². The van der Waals surface area contributed by atoms with E-state index in [0.717, 1.165) is 12.1 Å². The number of hydrogen-bond acceptors (Lipinski definition) is 2. The number of aryl methyl sites for hydroxylation is 1. The number of hydrazine groups is 1. The SMILES string of the molecule is Cc1cc(F)c(NC(=NC(C)C)NN)cc1F. The number of guanidine groups is 1. The fourth-order valence-corrected chi connectivity index (χ4v) is 1.23. The Kier molecular flexibility index (Phi) is 4.39. The second kappa shape index (κ2) is 5.58. The van der Waals surface area contributed by atoms with Gasteiger partial charge in [-0.2, -0.15) is 0 Å². The zero-order valence-electron chi connectivity index (χ0n) is 10.0. The van der Waals surface area contributed by atoms with Crippen molar-refractivity contribution in [1.82, 2.24) is 5.43 Å². The number of aliphatic imine (C=N–C) groups is 1. The third kappa shape index (κ3) is 3.67. The van der Waals surface area contributed by atoms with Crippen molar-refractivity contribution < 1.29 is 8.78 Å². The Labute approximate surface area is 98.9 Å². The van der Waals surface area contributed by atoms with Crippen LogP contribution >= 0.6 is 0 Å². The average Bonchev–Trinajstić information content (AvgIpc) is 2.24. The topological polar surface area (TPSA) is 62.4 Å². The third-order valence-electron chi connectivity index (χ3n) is 2.03. The maximum atomic E-state index is 13.5. The van der Waals surface area contributed by atoms with E-state index in [2.05, 4.69) is 15.7 Å². The Balaban J connectivity index is 2.98. The molecule has 0 atom stereocenters. The molecule has 0 unspecified atom stereocenters. The maximum absolute atomic E-state index is 13.5. The zero-order chi connectivity index (χ0) is 13.0. The number of nitrogens with zero attached hydrogens (tertiary/aromatic N) is 1. The van der Waals surface area contributed by atoms with Gasteiger partial charge in [-0.25, -0.2) is 19.6 Å². The second-order valence-corrected chi connectivity index (χ2v) is 3.92. The van der Waals surface area contributed by atoms with E-state index < -0.39 is 11.6 Å².